The molecular weight excluding hydrogens is 254 g/mol. The number of carbonyl (C=O) groups is 1. The summed E-state index contributed by atoms with van der Waals surface area (Å²) in [4.78, 5) is 15.0. The molecule has 0 aliphatic carbocycles. The zero-order chi connectivity index (χ0) is 14.5. The summed E-state index contributed by atoms with van der Waals surface area (Å²) in [6, 6.07) is 11.3. The predicted octanol–water partition coefficient (Wildman–Crippen LogP) is 2.36. The summed E-state index contributed by atoms with van der Waals surface area (Å²) in [7, 11) is 1.64. The van der Waals surface area contributed by atoms with Gasteiger partial charge in [0.2, 0.25) is 0 Å². The van der Waals surface area contributed by atoms with Crippen LogP contribution in [0.1, 0.15) is 29.0 Å². The van der Waals surface area contributed by atoms with Crippen LogP contribution in [0.3, 0.4) is 0 Å². The van der Waals surface area contributed by atoms with Gasteiger partial charge in [-0.3, -0.25) is 9.78 Å². The van der Waals surface area contributed by atoms with Crippen LogP contribution in [-0.4, -0.2) is 18.0 Å². The third-order valence-electron chi connectivity index (χ3n) is 3.01. The summed E-state index contributed by atoms with van der Waals surface area (Å²) in [5.41, 5.74) is 7.38. The number of aromatic nitrogens is 1. The van der Waals surface area contributed by atoms with Crippen molar-refractivity contribution in [2.45, 2.75) is 13.0 Å². The molecule has 2 aromatic rings. The second kappa shape index (κ2) is 6.06. The first-order chi connectivity index (χ1) is 9.60. The zero-order valence-electron chi connectivity index (χ0n) is 11.5. The van der Waals surface area contributed by atoms with Crippen LogP contribution in [0, 0.1) is 0 Å². The monoisotopic (exact) mass is 271 g/mol. The van der Waals surface area contributed by atoms with E-state index >= 15 is 0 Å². The maximum absolute atomic E-state index is 11.1. The first-order valence-corrected chi connectivity index (χ1v) is 6.26. The molecule has 0 spiro atoms. The number of nitrogens with zero attached hydrogens (tertiary/aromatic N) is 1. The molecule has 1 amide bonds. The number of hydrogen-bond acceptors (Lipinski definition) is 4. The Balaban J connectivity index is 2.12. The number of hydrogen-bond donors (Lipinski definition) is 2. The van der Waals surface area contributed by atoms with Gasteiger partial charge in [0.15, 0.2) is 0 Å². The van der Waals surface area contributed by atoms with Crippen molar-refractivity contribution < 1.29 is 9.53 Å². The highest BCUT2D eigenvalue weighted by Crippen LogP contribution is 2.21. The van der Waals surface area contributed by atoms with E-state index in [4.69, 9.17) is 10.5 Å². The highest BCUT2D eigenvalue weighted by atomic mass is 16.5. The van der Waals surface area contributed by atoms with Crippen LogP contribution < -0.4 is 15.8 Å². The van der Waals surface area contributed by atoms with Crippen molar-refractivity contribution in [1.29, 1.82) is 0 Å². The van der Waals surface area contributed by atoms with Crippen LogP contribution >= 0.6 is 0 Å². The Labute approximate surface area is 117 Å². The number of benzene rings is 1. The molecule has 0 saturated carbocycles. The lowest BCUT2D eigenvalue weighted by atomic mass is 10.1. The Kier molecular flexibility index (Phi) is 4.20. The van der Waals surface area contributed by atoms with E-state index in [1.807, 2.05) is 31.2 Å². The summed E-state index contributed by atoms with van der Waals surface area (Å²) in [6.45, 7) is 2.03. The average Bonchev–Trinajstić information content (AvgIpc) is 2.47. The maximum atomic E-state index is 11.1. The minimum Gasteiger partial charge on any atom is -0.497 e. The van der Waals surface area contributed by atoms with Gasteiger partial charge in [0.05, 0.1) is 7.11 Å². The first-order valence-electron chi connectivity index (χ1n) is 6.26. The molecule has 104 valence electrons. The van der Waals surface area contributed by atoms with E-state index in [2.05, 4.69) is 10.3 Å². The second-order valence-electron chi connectivity index (χ2n) is 4.43. The summed E-state index contributed by atoms with van der Waals surface area (Å²) >= 11 is 0. The van der Waals surface area contributed by atoms with Gasteiger partial charge in [0.1, 0.15) is 11.4 Å². The number of primary amides is 1. The van der Waals surface area contributed by atoms with Gasteiger partial charge in [-0.25, -0.2) is 0 Å². The van der Waals surface area contributed by atoms with Gasteiger partial charge in [-0.15, -0.1) is 0 Å². The standard InChI is InChI=1S/C15H17N3O2/c1-10(11-3-5-13(20-2)6-4-11)18-12-7-8-17-14(9-12)15(16)19/h3-10H,1-2H3,(H2,16,19)(H,17,18). The predicted molar refractivity (Wildman–Crippen MR) is 77.8 cm³/mol. The Morgan fingerprint density at radius 2 is 2.00 bits per heavy atom. The van der Waals surface area contributed by atoms with Gasteiger partial charge in [0, 0.05) is 17.9 Å². The molecule has 0 aliphatic heterocycles. The van der Waals surface area contributed by atoms with Crippen molar-refractivity contribution in [2.24, 2.45) is 5.73 Å². The van der Waals surface area contributed by atoms with Crippen molar-refractivity contribution in [3.8, 4) is 5.75 Å². The van der Waals surface area contributed by atoms with Crippen molar-refractivity contribution in [2.75, 3.05) is 12.4 Å². The first kappa shape index (κ1) is 13.9. The molecule has 1 unspecified atom stereocenters. The van der Waals surface area contributed by atoms with Crippen LogP contribution in [0.15, 0.2) is 42.6 Å². The fraction of sp³-hybridized carbons (Fsp3) is 0.200. The smallest absolute Gasteiger partial charge is 0.267 e. The van der Waals surface area contributed by atoms with E-state index in [1.165, 1.54) is 0 Å². The van der Waals surface area contributed by atoms with Crippen LogP contribution in [0.4, 0.5) is 5.69 Å². The van der Waals surface area contributed by atoms with Gasteiger partial charge < -0.3 is 15.8 Å². The number of anilines is 1. The molecule has 0 fully saturated rings. The minimum absolute atomic E-state index is 0.0871. The Hall–Kier alpha value is -2.56. The number of pyridine rings is 1. The van der Waals surface area contributed by atoms with Crippen molar-refractivity contribution >= 4 is 11.6 Å². The van der Waals surface area contributed by atoms with Crippen LogP contribution in [0.2, 0.25) is 0 Å². The highest BCUT2D eigenvalue weighted by molar-refractivity contribution is 5.91. The van der Waals surface area contributed by atoms with E-state index in [0.29, 0.717) is 0 Å². The molecule has 0 saturated heterocycles. The number of amides is 1. The molecule has 20 heavy (non-hydrogen) atoms. The van der Waals surface area contributed by atoms with Crippen LogP contribution in [0.25, 0.3) is 0 Å². The summed E-state index contributed by atoms with van der Waals surface area (Å²) in [5.74, 6) is 0.284. The summed E-state index contributed by atoms with van der Waals surface area (Å²) < 4.78 is 5.13. The highest BCUT2D eigenvalue weighted by Gasteiger charge is 2.08. The van der Waals surface area contributed by atoms with Gasteiger partial charge in [-0.05, 0) is 36.8 Å². The summed E-state index contributed by atoms with van der Waals surface area (Å²) in [5, 5.41) is 3.30. The lowest BCUT2D eigenvalue weighted by molar-refractivity contribution is 0.0995. The van der Waals surface area contributed by atoms with E-state index in [1.54, 1.807) is 25.4 Å². The van der Waals surface area contributed by atoms with Gasteiger partial charge in [-0.1, -0.05) is 12.1 Å². The average molecular weight is 271 g/mol. The van der Waals surface area contributed by atoms with Gasteiger partial charge in [0.25, 0.3) is 5.91 Å². The molecule has 1 atom stereocenters. The normalized spacial score (nSPS) is 11.7. The summed E-state index contributed by atoms with van der Waals surface area (Å²) in [6.07, 6.45) is 1.56. The van der Waals surface area contributed by atoms with Crippen molar-refractivity contribution in [1.82, 2.24) is 4.98 Å². The molecule has 5 nitrogen and oxygen atoms in total. The molecule has 0 bridgehead atoms. The molecule has 0 radical (unpaired) electrons. The lowest BCUT2D eigenvalue weighted by Crippen LogP contribution is -2.14. The quantitative estimate of drug-likeness (QED) is 0.875. The van der Waals surface area contributed by atoms with E-state index in [0.717, 1.165) is 17.0 Å². The van der Waals surface area contributed by atoms with E-state index in [-0.39, 0.29) is 11.7 Å². The Morgan fingerprint density at radius 1 is 1.30 bits per heavy atom. The fourth-order valence-electron chi connectivity index (χ4n) is 1.88. The fourth-order valence-corrected chi connectivity index (χ4v) is 1.88. The molecular formula is C15H17N3O2. The molecule has 3 N–H and O–H groups in total. The van der Waals surface area contributed by atoms with E-state index < -0.39 is 5.91 Å². The van der Waals surface area contributed by atoms with Crippen molar-refractivity contribution in [3.05, 3.63) is 53.9 Å². The molecule has 0 aliphatic rings. The lowest BCUT2D eigenvalue weighted by Gasteiger charge is -2.16. The SMILES string of the molecule is COc1ccc(C(C)Nc2ccnc(C(N)=O)c2)cc1. The number of methoxy groups -OCH3 is 1. The van der Waals surface area contributed by atoms with Crippen molar-refractivity contribution in [3.63, 3.8) is 0 Å². The number of nitrogens with two attached hydrogens (primary N) is 1. The molecule has 1 aromatic carbocycles. The zero-order valence-corrected chi connectivity index (χ0v) is 11.5. The number of nitrogens with one attached hydrogen (secondary N) is 1. The molecule has 5 heteroatoms. The maximum Gasteiger partial charge on any atom is 0.267 e. The van der Waals surface area contributed by atoms with E-state index in [9.17, 15) is 4.79 Å². The third kappa shape index (κ3) is 3.26. The van der Waals surface area contributed by atoms with Gasteiger partial charge in [-0.2, -0.15) is 0 Å². The molecule has 1 heterocycles. The Morgan fingerprint density at radius 3 is 2.60 bits per heavy atom. The topological polar surface area (TPSA) is 77.2 Å². The second-order valence-corrected chi connectivity index (χ2v) is 4.43. The number of rotatable bonds is 5. The van der Waals surface area contributed by atoms with Crippen LogP contribution in [0.5, 0.6) is 5.75 Å². The number of carbonyl (C=O) groups excluding carboxylic acids is 1. The molecule has 1 aromatic heterocycles. The van der Waals surface area contributed by atoms with Gasteiger partial charge >= 0.3 is 0 Å². The van der Waals surface area contributed by atoms with Crippen LogP contribution in [-0.2, 0) is 0 Å². The number of ether oxygens (including phenoxy) is 1. The Bertz CT molecular complexity index is 596. The minimum atomic E-state index is -0.536. The largest absolute Gasteiger partial charge is 0.497 e. The molecule has 2 rings (SSSR count). The third-order valence-corrected chi connectivity index (χ3v) is 3.01.